The summed E-state index contributed by atoms with van der Waals surface area (Å²) in [6.45, 7) is 5.78. The second kappa shape index (κ2) is 26.5. The summed E-state index contributed by atoms with van der Waals surface area (Å²) in [5.74, 6) is 13.7. The van der Waals surface area contributed by atoms with Crippen LogP contribution < -0.4 is 19.7 Å². The van der Waals surface area contributed by atoms with E-state index in [0.29, 0.717) is 35.5 Å². The molecule has 0 saturated heterocycles. The fourth-order valence-electron chi connectivity index (χ4n) is 5.37. The van der Waals surface area contributed by atoms with Crippen molar-refractivity contribution >= 4 is 24.1 Å². The van der Waals surface area contributed by atoms with Gasteiger partial charge in [-0.2, -0.15) is 0 Å². The van der Waals surface area contributed by atoms with E-state index in [-0.39, 0.29) is 42.6 Å². The van der Waals surface area contributed by atoms with Gasteiger partial charge in [-0.3, -0.25) is 4.98 Å². The van der Waals surface area contributed by atoms with E-state index in [1.165, 1.54) is 63.1 Å². The van der Waals surface area contributed by atoms with Crippen molar-refractivity contribution in [3.8, 4) is 46.7 Å². The van der Waals surface area contributed by atoms with Crippen molar-refractivity contribution in [3.05, 3.63) is 149 Å². The Morgan fingerprint density at radius 2 is 0.967 bits per heavy atom. The Bertz CT molecular complexity index is 2180. The molecule has 300 valence electrons. The van der Waals surface area contributed by atoms with Crippen LogP contribution in [-0.4, -0.2) is 40.9 Å². The normalized spacial score (nSPS) is 10.4. The smallest absolute Gasteiger partial charge is 0.872 e. The van der Waals surface area contributed by atoms with Crippen molar-refractivity contribution in [3.63, 3.8) is 0 Å². The standard InChI is InChI=1S/C44H44N4O5.C5H5N.Zn/c1-3-5-7-9-27-51-39-21-15-33(16-22-39)11-13-35-19-25-41(49)37(29-35)31-45-43-44(48-53-47-43)46-32-38-30-36(20-26-42(38)50)14-12-34-17-23-40(24-18-34)52-28-10-8-6-4-2;1-2-4-6-5-3-1;/h15-26,29-32,49-50H,3-10,27-28H2,1-2H3;1-5H;/q;;+2/p-2. The molecule has 0 saturated carbocycles. The molecule has 2 heterocycles. The quantitative estimate of drug-likeness (QED) is 0.0406. The van der Waals surface area contributed by atoms with Crippen LogP contribution in [0.2, 0.25) is 0 Å². The molecule has 0 N–H and O–H groups in total. The number of pyridine rings is 1. The fraction of sp³-hybridized carbons (Fsp3) is 0.245. The third kappa shape index (κ3) is 16.4. The van der Waals surface area contributed by atoms with Crippen LogP contribution in [0.4, 0.5) is 11.6 Å². The number of ether oxygens (including phenoxy) is 2. The predicted octanol–water partition coefficient (Wildman–Crippen LogP) is 9.51. The number of rotatable bonds is 16. The molecule has 0 aliphatic carbocycles. The van der Waals surface area contributed by atoms with Gasteiger partial charge in [0.15, 0.2) is 0 Å². The van der Waals surface area contributed by atoms with Crippen LogP contribution in [-0.2, 0) is 19.5 Å². The molecular weight excluding hydrogens is 804 g/mol. The first-order valence-electron chi connectivity index (χ1n) is 19.9. The van der Waals surface area contributed by atoms with Crippen molar-refractivity contribution in [2.24, 2.45) is 9.98 Å². The van der Waals surface area contributed by atoms with Gasteiger partial charge in [0.25, 0.3) is 0 Å². The largest absolute Gasteiger partial charge is 2.00 e. The molecule has 0 fully saturated rings. The molecule has 0 unspecified atom stereocenters. The van der Waals surface area contributed by atoms with Gasteiger partial charge in [-0.1, -0.05) is 106 Å². The summed E-state index contributed by atoms with van der Waals surface area (Å²) >= 11 is 0. The summed E-state index contributed by atoms with van der Waals surface area (Å²) in [5, 5.41) is 32.8. The Morgan fingerprint density at radius 1 is 0.550 bits per heavy atom. The third-order valence-electron chi connectivity index (χ3n) is 8.64. The van der Waals surface area contributed by atoms with Gasteiger partial charge < -0.3 is 19.7 Å². The van der Waals surface area contributed by atoms with Gasteiger partial charge >= 0.3 is 19.5 Å². The number of hydrogen-bond donors (Lipinski definition) is 0. The van der Waals surface area contributed by atoms with Gasteiger partial charge in [-0.05, 0) is 119 Å². The second-order valence-corrected chi connectivity index (χ2v) is 13.3. The van der Waals surface area contributed by atoms with Crippen LogP contribution in [0.3, 0.4) is 0 Å². The van der Waals surface area contributed by atoms with Crippen LogP contribution in [0.15, 0.2) is 130 Å². The molecule has 10 nitrogen and oxygen atoms in total. The summed E-state index contributed by atoms with van der Waals surface area (Å²) in [7, 11) is 0. The first kappa shape index (κ1) is 46.1. The molecule has 0 bridgehead atoms. The van der Waals surface area contributed by atoms with Crippen LogP contribution in [0.5, 0.6) is 23.0 Å². The SMILES string of the molecule is CCCCCCOc1ccc(C#Cc2ccc([O-])c(C=Nc3nonc3N=Cc3cc(C#Cc4ccc(OCCCCCC)cc4)ccc3[O-])c2)cc1.[Zn+2].c1ccncc1. The van der Waals surface area contributed by atoms with Gasteiger partial charge in [0.1, 0.15) is 11.5 Å². The number of nitrogens with zero attached hydrogens (tertiary/aromatic N) is 5. The third-order valence-corrected chi connectivity index (χ3v) is 8.64. The van der Waals surface area contributed by atoms with E-state index < -0.39 is 0 Å². The van der Waals surface area contributed by atoms with Crippen molar-refractivity contribution in [2.45, 2.75) is 65.2 Å². The first-order chi connectivity index (χ1) is 29.0. The maximum Gasteiger partial charge on any atom is 2.00 e. The predicted molar refractivity (Wildman–Crippen MR) is 229 cm³/mol. The van der Waals surface area contributed by atoms with E-state index in [1.807, 2.05) is 66.7 Å². The average Bonchev–Trinajstić information content (AvgIpc) is 3.73. The van der Waals surface area contributed by atoms with E-state index in [2.05, 4.69) is 62.8 Å². The minimum absolute atomic E-state index is 0. The average molecular weight is 851 g/mol. The summed E-state index contributed by atoms with van der Waals surface area (Å²) < 4.78 is 16.5. The topological polar surface area (TPSA) is 141 Å². The zero-order valence-corrected chi connectivity index (χ0v) is 37.1. The summed E-state index contributed by atoms with van der Waals surface area (Å²) in [6.07, 6.45) is 15.5. The summed E-state index contributed by atoms with van der Waals surface area (Å²) in [6, 6.07) is 30.5. The first-order valence-corrected chi connectivity index (χ1v) is 19.9. The van der Waals surface area contributed by atoms with Crippen molar-refractivity contribution in [1.82, 2.24) is 15.3 Å². The van der Waals surface area contributed by atoms with E-state index in [0.717, 1.165) is 35.5 Å². The Labute approximate surface area is 365 Å². The van der Waals surface area contributed by atoms with Crippen LogP contribution in [0, 0.1) is 23.7 Å². The van der Waals surface area contributed by atoms with E-state index >= 15 is 0 Å². The van der Waals surface area contributed by atoms with Gasteiger partial charge in [0.2, 0.25) is 11.6 Å². The molecule has 4 aromatic carbocycles. The van der Waals surface area contributed by atoms with E-state index in [1.54, 1.807) is 36.7 Å². The van der Waals surface area contributed by atoms with Gasteiger partial charge in [0.05, 0.1) is 13.2 Å². The van der Waals surface area contributed by atoms with E-state index in [4.69, 9.17) is 14.1 Å². The molecule has 0 atom stereocenters. The summed E-state index contributed by atoms with van der Waals surface area (Å²) in [4.78, 5) is 12.3. The van der Waals surface area contributed by atoms with Crippen molar-refractivity contribution < 1.29 is 43.8 Å². The molecule has 2 aromatic heterocycles. The van der Waals surface area contributed by atoms with Gasteiger partial charge in [-0.15, -0.1) is 0 Å². The molecule has 60 heavy (non-hydrogen) atoms. The molecule has 6 rings (SSSR count). The van der Waals surface area contributed by atoms with Crippen molar-refractivity contribution in [2.75, 3.05) is 13.2 Å². The molecule has 0 aliphatic heterocycles. The maximum absolute atomic E-state index is 12.6. The maximum atomic E-state index is 12.6. The molecule has 0 aliphatic rings. The number of aromatic nitrogens is 3. The van der Waals surface area contributed by atoms with Gasteiger partial charge in [-0.25, -0.2) is 14.6 Å². The molecule has 0 radical (unpaired) electrons. The van der Waals surface area contributed by atoms with Crippen LogP contribution in [0.25, 0.3) is 0 Å². The Kier molecular flexibility index (Phi) is 20.3. The Hall–Kier alpha value is -6.55. The number of hydrogen-bond acceptors (Lipinski definition) is 10. The second-order valence-electron chi connectivity index (χ2n) is 13.3. The van der Waals surface area contributed by atoms with Crippen molar-refractivity contribution in [1.29, 1.82) is 0 Å². The van der Waals surface area contributed by atoms with Crippen LogP contribution in [0.1, 0.15) is 98.6 Å². The minimum atomic E-state index is -0.239. The molecule has 0 amide bonds. The summed E-state index contributed by atoms with van der Waals surface area (Å²) in [5.41, 5.74) is 3.54. The fourth-order valence-corrected chi connectivity index (χ4v) is 5.37. The Morgan fingerprint density at radius 3 is 1.35 bits per heavy atom. The Balaban J connectivity index is 0.00000104. The zero-order valence-electron chi connectivity index (χ0n) is 34.2. The molecule has 6 aromatic rings. The molecular formula is C49H47N5O5Zn. The minimum Gasteiger partial charge on any atom is -0.872 e. The number of benzene rings is 4. The monoisotopic (exact) mass is 849 g/mol. The molecule has 0 spiro atoms. The van der Waals surface area contributed by atoms with E-state index in [9.17, 15) is 10.2 Å². The van der Waals surface area contributed by atoms with Crippen LogP contribution >= 0.6 is 0 Å². The number of aliphatic imine (C=N–C) groups is 2. The van der Waals surface area contributed by atoms with Gasteiger partial charge in [0, 0.05) is 47.1 Å². The molecule has 11 heteroatoms. The zero-order chi connectivity index (χ0) is 41.3. The number of unbranched alkanes of at least 4 members (excludes halogenated alkanes) is 6.